The van der Waals surface area contributed by atoms with E-state index in [1.165, 1.54) is 0 Å². The van der Waals surface area contributed by atoms with E-state index in [1.54, 1.807) is 47.1 Å². The molecule has 1 atom stereocenters. The number of halogens is 2. The van der Waals surface area contributed by atoms with Crippen molar-refractivity contribution < 1.29 is 9.59 Å². The number of benzene rings is 2. The second kappa shape index (κ2) is 7.93. The van der Waals surface area contributed by atoms with Gasteiger partial charge in [-0.1, -0.05) is 41.4 Å². The Kier molecular flexibility index (Phi) is 5.32. The molecule has 7 nitrogen and oxygen atoms in total. The summed E-state index contributed by atoms with van der Waals surface area (Å²) in [6.45, 7) is 3.66. The zero-order valence-electron chi connectivity index (χ0n) is 16.1. The second-order valence-corrected chi connectivity index (χ2v) is 7.67. The highest BCUT2D eigenvalue weighted by atomic mass is 35.5. The van der Waals surface area contributed by atoms with Crippen LogP contribution in [0, 0.1) is 13.8 Å². The molecule has 1 N–H and O–H groups in total. The molecule has 0 spiro atoms. The number of amides is 2. The Hall–Kier alpha value is -3.16. The molecule has 0 saturated carbocycles. The van der Waals surface area contributed by atoms with E-state index in [0.717, 1.165) is 16.4 Å². The van der Waals surface area contributed by atoms with Crippen molar-refractivity contribution in [1.29, 1.82) is 0 Å². The van der Waals surface area contributed by atoms with Crippen molar-refractivity contribution in [3.63, 3.8) is 0 Å². The topological polar surface area (TPSA) is 79.6 Å². The van der Waals surface area contributed by atoms with Gasteiger partial charge in [0.15, 0.2) is 11.9 Å². The standard InChI is InChI=1S/C21H17Cl2N5O2/c1-12-10-13(2)27(25-12)18-19(24-20(29)14-6-4-3-5-7-14)26-28(21(18)30)17-11-15(22)8-9-16(17)23/h3-11,18H,1-2H3,(H,24,26,29). The lowest BCUT2D eigenvalue weighted by atomic mass is 10.2. The van der Waals surface area contributed by atoms with Gasteiger partial charge in [0.25, 0.3) is 11.8 Å². The summed E-state index contributed by atoms with van der Waals surface area (Å²) in [5.41, 5.74) is 2.27. The minimum absolute atomic E-state index is 0.149. The van der Waals surface area contributed by atoms with Crippen molar-refractivity contribution in [3.8, 4) is 0 Å². The van der Waals surface area contributed by atoms with Gasteiger partial charge in [0.2, 0.25) is 0 Å². The highest BCUT2D eigenvalue weighted by Crippen LogP contribution is 2.34. The van der Waals surface area contributed by atoms with Gasteiger partial charge in [0.05, 0.1) is 16.4 Å². The molecule has 3 aromatic rings. The Bertz CT molecular complexity index is 1170. The average Bonchev–Trinajstić information content (AvgIpc) is 3.22. The third-order valence-electron chi connectivity index (χ3n) is 4.61. The zero-order valence-corrected chi connectivity index (χ0v) is 17.6. The summed E-state index contributed by atoms with van der Waals surface area (Å²) in [6.07, 6.45) is 0. The number of hydrogen-bond acceptors (Lipinski definition) is 4. The number of amidine groups is 1. The van der Waals surface area contributed by atoms with Crippen LogP contribution in [-0.4, -0.2) is 27.4 Å². The maximum atomic E-state index is 13.4. The van der Waals surface area contributed by atoms with E-state index >= 15 is 0 Å². The Labute approximate surface area is 182 Å². The van der Waals surface area contributed by atoms with Gasteiger partial charge in [0.1, 0.15) is 0 Å². The fourth-order valence-electron chi connectivity index (χ4n) is 3.26. The number of aryl methyl sites for hydroxylation is 2. The fraction of sp³-hybridized carbons (Fsp3) is 0.143. The van der Waals surface area contributed by atoms with E-state index < -0.39 is 11.9 Å². The van der Waals surface area contributed by atoms with Crippen LogP contribution in [0.4, 0.5) is 5.69 Å². The zero-order chi connectivity index (χ0) is 21.4. The minimum Gasteiger partial charge on any atom is -0.306 e. The Morgan fingerprint density at radius 2 is 1.80 bits per heavy atom. The summed E-state index contributed by atoms with van der Waals surface area (Å²) in [7, 11) is 0. The van der Waals surface area contributed by atoms with Crippen molar-refractivity contribution in [2.45, 2.75) is 19.9 Å². The molecule has 1 unspecified atom stereocenters. The van der Waals surface area contributed by atoms with Gasteiger partial charge in [-0.05, 0) is 50.2 Å². The van der Waals surface area contributed by atoms with Gasteiger partial charge >= 0.3 is 0 Å². The number of rotatable bonds is 3. The highest BCUT2D eigenvalue weighted by molar-refractivity contribution is 6.36. The van der Waals surface area contributed by atoms with E-state index in [-0.39, 0.29) is 11.7 Å². The molecule has 0 aliphatic carbocycles. The lowest BCUT2D eigenvalue weighted by Gasteiger charge is -2.17. The maximum absolute atomic E-state index is 13.4. The molecule has 9 heteroatoms. The molecule has 0 fully saturated rings. The number of aromatic nitrogens is 2. The van der Waals surface area contributed by atoms with E-state index in [9.17, 15) is 9.59 Å². The molecule has 0 saturated heterocycles. The first kappa shape index (κ1) is 20.1. The Balaban J connectivity index is 1.77. The number of nitrogens with zero attached hydrogens (tertiary/aromatic N) is 4. The van der Waals surface area contributed by atoms with Crippen LogP contribution in [0.2, 0.25) is 10.0 Å². The van der Waals surface area contributed by atoms with E-state index in [0.29, 0.717) is 21.3 Å². The van der Waals surface area contributed by atoms with Gasteiger partial charge < -0.3 is 5.32 Å². The summed E-state index contributed by atoms with van der Waals surface area (Å²) in [4.78, 5) is 26.1. The molecule has 30 heavy (non-hydrogen) atoms. The van der Waals surface area contributed by atoms with Gasteiger partial charge in [-0.15, -0.1) is 5.10 Å². The summed E-state index contributed by atoms with van der Waals surface area (Å²) < 4.78 is 1.54. The van der Waals surface area contributed by atoms with Gasteiger partial charge in [-0.25, -0.2) is 4.68 Å². The van der Waals surface area contributed by atoms with Gasteiger partial charge in [-0.3, -0.25) is 9.59 Å². The monoisotopic (exact) mass is 441 g/mol. The van der Waals surface area contributed by atoms with Crippen LogP contribution in [-0.2, 0) is 4.79 Å². The van der Waals surface area contributed by atoms with Crippen molar-refractivity contribution in [1.82, 2.24) is 15.1 Å². The third kappa shape index (κ3) is 3.69. The number of carbonyl (C=O) groups excluding carboxylic acids is 2. The molecule has 0 radical (unpaired) electrons. The van der Waals surface area contributed by atoms with Crippen molar-refractivity contribution >= 4 is 46.5 Å². The number of carbonyl (C=O) groups is 2. The van der Waals surface area contributed by atoms with Gasteiger partial charge in [-0.2, -0.15) is 10.1 Å². The second-order valence-electron chi connectivity index (χ2n) is 6.83. The first-order valence-corrected chi connectivity index (χ1v) is 9.87. The van der Waals surface area contributed by atoms with Crippen molar-refractivity contribution in [2.24, 2.45) is 5.10 Å². The molecule has 152 valence electrons. The van der Waals surface area contributed by atoms with Crippen LogP contribution in [0.25, 0.3) is 0 Å². The van der Waals surface area contributed by atoms with E-state index in [2.05, 4.69) is 15.5 Å². The highest BCUT2D eigenvalue weighted by Gasteiger charge is 2.41. The summed E-state index contributed by atoms with van der Waals surface area (Å²) >= 11 is 12.4. The van der Waals surface area contributed by atoms with Crippen LogP contribution >= 0.6 is 23.2 Å². The number of hydrogen-bond donors (Lipinski definition) is 1. The molecular formula is C21H17Cl2N5O2. The lowest BCUT2D eigenvalue weighted by Crippen LogP contribution is -2.39. The quantitative estimate of drug-likeness (QED) is 0.662. The predicted molar refractivity (Wildman–Crippen MR) is 116 cm³/mol. The molecule has 1 aromatic heterocycles. The number of anilines is 1. The van der Waals surface area contributed by atoms with Crippen LogP contribution in [0.15, 0.2) is 59.7 Å². The van der Waals surface area contributed by atoms with E-state index in [1.807, 2.05) is 26.0 Å². The summed E-state index contributed by atoms with van der Waals surface area (Å²) in [5, 5.41) is 13.4. The Morgan fingerprint density at radius 3 is 2.47 bits per heavy atom. The van der Waals surface area contributed by atoms with Crippen LogP contribution in [0.5, 0.6) is 0 Å². The van der Waals surface area contributed by atoms with Crippen LogP contribution in [0.3, 0.4) is 0 Å². The molecule has 1 aliphatic heterocycles. The first-order valence-electron chi connectivity index (χ1n) is 9.12. The fourth-order valence-corrected chi connectivity index (χ4v) is 3.63. The predicted octanol–water partition coefficient (Wildman–Crippen LogP) is 4.14. The maximum Gasteiger partial charge on any atom is 0.280 e. The lowest BCUT2D eigenvalue weighted by molar-refractivity contribution is -0.119. The van der Waals surface area contributed by atoms with Crippen molar-refractivity contribution in [3.05, 3.63) is 81.6 Å². The summed E-state index contributed by atoms with van der Waals surface area (Å²) in [5.74, 6) is -0.641. The molecule has 4 rings (SSSR count). The summed E-state index contributed by atoms with van der Waals surface area (Å²) in [6, 6.07) is 14.3. The number of nitrogens with one attached hydrogen (secondary N) is 1. The van der Waals surface area contributed by atoms with E-state index in [4.69, 9.17) is 23.2 Å². The molecule has 0 bridgehead atoms. The normalized spacial score (nSPS) is 16.0. The first-order chi connectivity index (χ1) is 14.3. The largest absolute Gasteiger partial charge is 0.306 e. The third-order valence-corrected chi connectivity index (χ3v) is 5.17. The molecule has 2 heterocycles. The SMILES string of the molecule is Cc1cc(C)n(C2C(=O)N(c3cc(Cl)ccc3Cl)N=C2NC(=O)c2ccccc2)n1. The number of hydrazone groups is 1. The molecular weight excluding hydrogens is 425 g/mol. The van der Waals surface area contributed by atoms with Crippen molar-refractivity contribution in [2.75, 3.05) is 5.01 Å². The van der Waals surface area contributed by atoms with Gasteiger partial charge in [0, 0.05) is 16.3 Å². The van der Waals surface area contributed by atoms with Crippen LogP contribution in [0.1, 0.15) is 27.8 Å². The molecule has 2 aromatic carbocycles. The minimum atomic E-state index is -0.943. The Morgan fingerprint density at radius 1 is 1.07 bits per heavy atom. The molecule has 1 aliphatic rings. The van der Waals surface area contributed by atoms with Crippen LogP contribution < -0.4 is 10.3 Å². The molecule has 2 amide bonds. The smallest absolute Gasteiger partial charge is 0.280 e. The average molecular weight is 442 g/mol.